The van der Waals surface area contributed by atoms with Crippen LogP contribution in [0.25, 0.3) is 0 Å². The van der Waals surface area contributed by atoms with E-state index in [0.29, 0.717) is 17.6 Å². The Kier molecular flexibility index (Phi) is 5.99. The molecule has 0 aromatic heterocycles. The number of anilines is 1. The molecule has 0 saturated heterocycles. The molecule has 0 atom stereocenters. The first-order chi connectivity index (χ1) is 9.49. The van der Waals surface area contributed by atoms with Crippen molar-refractivity contribution in [1.29, 1.82) is 0 Å². The highest BCUT2D eigenvalue weighted by Gasteiger charge is 2.16. The maximum absolute atomic E-state index is 12.1. The molecule has 0 spiro atoms. The Bertz CT molecular complexity index is 533. The Hall–Kier alpha value is -2.08. The van der Waals surface area contributed by atoms with Crippen molar-refractivity contribution in [1.82, 2.24) is 4.90 Å². The zero-order chi connectivity index (χ0) is 15.1. The Morgan fingerprint density at radius 3 is 2.40 bits per heavy atom. The number of hydrogen-bond donors (Lipinski definition) is 2. The molecule has 20 heavy (non-hydrogen) atoms. The summed E-state index contributed by atoms with van der Waals surface area (Å²) in [4.78, 5) is 24.7. The first kappa shape index (κ1) is 16.0. The minimum Gasteiger partial charge on any atom is -0.478 e. The molecule has 0 bridgehead atoms. The van der Waals surface area contributed by atoms with Crippen LogP contribution in [0.3, 0.4) is 0 Å². The molecule has 0 saturated carbocycles. The van der Waals surface area contributed by atoms with Gasteiger partial charge in [0.25, 0.3) is 0 Å². The number of carbonyl (C=O) groups excluding carboxylic acids is 1. The third-order valence-corrected chi connectivity index (χ3v) is 2.93. The second kappa shape index (κ2) is 7.49. The molecule has 0 radical (unpaired) electrons. The standard InChI is InChI=1S/C14H15BrN2O3/c1-3-7-17(8-4-2)14(20)16-12-6-5-10(15)9-11(12)13(18)19/h3-6,9H,1-2,7-8H2,(H,16,20)(H,18,19). The van der Waals surface area contributed by atoms with Crippen LogP contribution in [0.4, 0.5) is 10.5 Å². The predicted octanol–water partition coefficient (Wildman–Crippen LogP) is 3.35. The quantitative estimate of drug-likeness (QED) is 0.781. The lowest BCUT2D eigenvalue weighted by Crippen LogP contribution is -2.35. The van der Waals surface area contributed by atoms with Crippen molar-refractivity contribution in [3.63, 3.8) is 0 Å². The van der Waals surface area contributed by atoms with Crippen LogP contribution in [0, 0.1) is 0 Å². The molecule has 106 valence electrons. The fourth-order valence-electron chi connectivity index (χ4n) is 1.55. The summed E-state index contributed by atoms with van der Waals surface area (Å²) in [7, 11) is 0. The Balaban J connectivity index is 2.96. The van der Waals surface area contributed by atoms with Crippen molar-refractivity contribution in [3.8, 4) is 0 Å². The van der Waals surface area contributed by atoms with E-state index < -0.39 is 12.0 Å². The number of carboxylic acids is 1. The number of benzene rings is 1. The SMILES string of the molecule is C=CCN(CC=C)C(=O)Nc1ccc(Br)cc1C(=O)O. The number of halogens is 1. The molecule has 0 aliphatic heterocycles. The van der Waals surface area contributed by atoms with Crippen molar-refractivity contribution in [3.05, 3.63) is 53.5 Å². The number of aromatic carboxylic acids is 1. The van der Waals surface area contributed by atoms with Gasteiger partial charge in [-0.05, 0) is 18.2 Å². The first-order valence-corrected chi connectivity index (χ1v) is 6.59. The minimum atomic E-state index is -1.11. The summed E-state index contributed by atoms with van der Waals surface area (Å²) in [5.74, 6) is -1.11. The van der Waals surface area contributed by atoms with Crippen molar-refractivity contribution in [2.24, 2.45) is 0 Å². The number of carbonyl (C=O) groups is 2. The van der Waals surface area contributed by atoms with Crippen LogP contribution in [0.5, 0.6) is 0 Å². The van der Waals surface area contributed by atoms with Gasteiger partial charge in [0.15, 0.2) is 0 Å². The summed E-state index contributed by atoms with van der Waals surface area (Å²) in [6, 6.07) is 4.22. The van der Waals surface area contributed by atoms with Crippen molar-refractivity contribution < 1.29 is 14.7 Å². The molecule has 1 aromatic carbocycles. The highest BCUT2D eigenvalue weighted by Crippen LogP contribution is 2.21. The zero-order valence-electron chi connectivity index (χ0n) is 10.8. The molecule has 1 rings (SSSR count). The number of nitrogens with zero attached hydrogens (tertiary/aromatic N) is 1. The lowest BCUT2D eigenvalue weighted by molar-refractivity contribution is 0.0698. The summed E-state index contributed by atoms with van der Waals surface area (Å²) in [5.41, 5.74) is 0.258. The average Bonchev–Trinajstić information content (AvgIpc) is 2.40. The van der Waals surface area contributed by atoms with Crippen LogP contribution < -0.4 is 5.32 Å². The summed E-state index contributed by atoms with van der Waals surface area (Å²) in [6.45, 7) is 7.83. The summed E-state index contributed by atoms with van der Waals surface area (Å²) < 4.78 is 0.627. The van der Waals surface area contributed by atoms with Gasteiger partial charge in [-0.3, -0.25) is 0 Å². The minimum absolute atomic E-state index is 0.0184. The second-order valence-electron chi connectivity index (χ2n) is 3.91. The molecule has 0 heterocycles. The Morgan fingerprint density at radius 1 is 1.30 bits per heavy atom. The zero-order valence-corrected chi connectivity index (χ0v) is 12.4. The molecule has 0 unspecified atom stereocenters. The molecule has 2 N–H and O–H groups in total. The van der Waals surface area contributed by atoms with Gasteiger partial charge in [0, 0.05) is 17.6 Å². The molecule has 0 aliphatic carbocycles. The van der Waals surface area contributed by atoms with E-state index in [-0.39, 0.29) is 11.3 Å². The largest absolute Gasteiger partial charge is 0.478 e. The summed E-state index contributed by atoms with van der Waals surface area (Å²) >= 11 is 3.20. The molecule has 0 fully saturated rings. The highest BCUT2D eigenvalue weighted by atomic mass is 79.9. The number of amides is 2. The van der Waals surface area contributed by atoms with E-state index >= 15 is 0 Å². The molecular formula is C14H15BrN2O3. The second-order valence-corrected chi connectivity index (χ2v) is 4.82. The first-order valence-electron chi connectivity index (χ1n) is 5.80. The van der Waals surface area contributed by atoms with Gasteiger partial charge < -0.3 is 15.3 Å². The summed E-state index contributed by atoms with van der Waals surface area (Å²) in [5, 5.41) is 11.7. The normalized spacial score (nSPS) is 9.65. The molecule has 0 aliphatic rings. The maximum atomic E-state index is 12.1. The average molecular weight is 339 g/mol. The highest BCUT2D eigenvalue weighted by molar-refractivity contribution is 9.10. The van der Waals surface area contributed by atoms with Gasteiger partial charge in [-0.25, -0.2) is 9.59 Å². The van der Waals surface area contributed by atoms with E-state index in [1.165, 1.54) is 17.0 Å². The monoisotopic (exact) mass is 338 g/mol. The van der Waals surface area contributed by atoms with Gasteiger partial charge in [0.1, 0.15) is 0 Å². The van der Waals surface area contributed by atoms with Gasteiger partial charge in [-0.2, -0.15) is 0 Å². The fraction of sp³-hybridized carbons (Fsp3) is 0.143. The van der Waals surface area contributed by atoms with Gasteiger partial charge >= 0.3 is 12.0 Å². The van der Waals surface area contributed by atoms with Gasteiger partial charge in [-0.15, -0.1) is 13.2 Å². The van der Waals surface area contributed by atoms with Crippen molar-refractivity contribution in [2.45, 2.75) is 0 Å². The topological polar surface area (TPSA) is 69.6 Å². The lowest BCUT2D eigenvalue weighted by atomic mass is 10.2. The third-order valence-electron chi connectivity index (χ3n) is 2.44. The predicted molar refractivity (Wildman–Crippen MR) is 82.1 cm³/mol. The number of hydrogen-bond acceptors (Lipinski definition) is 2. The van der Waals surface area contributed by atoms with E-state index in [4.69, 9.17) is 5.11 Å². The van der Waals surface area contributed by atoms with E-state index in [2.05, 4.69) is 34.4 Å². The van der Waals surface area contributed by atoms with E-state index in [1.54, 1.807) is 18.2 Å². The lowest BCUT2D eigenvalue weighted by Gasteiger charge is -2.20. The Morgan fingerprint density at radius 2 is 1.90 bits per heavy atom. The van der Waals surface area contributed by atoms with Gasteiger partial charge in [0.05, 0.1) is 11.3 Å². The Labute approximate surface area is 125 Å². The van der Waals surface area contributed by atoms with E-state index in [9.17, 15) is 9.59 Å². The number of rotatable bonds is 6. The molecule has 6 heteroatoms. The molecular weight excluding hydrogens is 324 g/mol. The van der Waals surface area contributed by atoms with Crippen LogP contribution in [0.2, 0.25) is 0 Å². The van der Waals surface area contributed by atoms with Crippen molar-refractivity contribution >= 4 is 33.6 Å². The number of carboxylic acid groups (broad SMARTS) is 1. The van der Waals surface area contributed by atoms with Gasteiger partial charge in [-0.1, -0.05) is 28.1 Å². The van der Waals surface area contributed by atoms with Crippen LogP contribution in [0.15, 0.2) is 48.0 Å². The number of nitrogens with one attached hydrogen (secondary N) is 1. The van der Waals surface area contributed by atoms with Gasteiger partial charge in [0.2, 0.25) is 0 Å². The van der Waals surface area contributed by atoms with Crippen LogP contribution >= 0.6 is 15.9 Å². The smallest absolute Gasteiger partial charge is 0.337 e. The number of urea groups is 1. The maximum Gasteiger partial charge on any atom is 0.337 e. The van der Waals surface area contributed by atoms with E-state index in [1.807, 2.05) is 0 Å². The van der Waals surface area contributed by atoms with Crippen LogP contribution in [0.1, 0.15) is 10.4 Å². The summed E-state index contributed by atoms with van der Waals surface area (Å²) in [6.07, 6.45) is 3.17. The van der Waals surface area contributed by atoms with Crippen LogP contribution in [-0.2, 0) is 0 Å². The molecule has 5 nitrogen and oxygen atoms in total. The van der Waals surface area contributed by atoms with E-state index in [0.717, 1.165) is 0 Å². The van der Waals surface area contributed by atoms with Crippen LogP contribution in [-0.4, -0.2) is 35.1 Å². The molecule has 1 aromatic rings. The molecule has 2 amide bonds. The fourth-order valence-corrected chi connectivity index (χ4v) is 1.91. The third kappa shape index (κ3) is 4.24. The van der Waals surface area contributed by atoms with Crippen molar-refractivity contribution in [2.75, 3.05) is 18.4 Å².